The molecule has 0 unspecified atom stereocenters. The van der Waals surface area contributed by atoms with Crippen molar-refractivity contribution in [3.8, 4) is 11.5 Å². The number of hydrogen-bond donors (Lipinski definition) is 1. The molecule has 1 amide bonds. The highest BCUT2D eigenvalue weighted by Gasteiger charge is 2.13. The molecule has 3 aromatic carbocycles. The van der Waals surface area contributed by atoms with Crippen LogP contribution >= 0.6 is 0 Å². The van der Waals surface area contributed by atoms with Crippen LogP contribution in [0.15, 0.2) is 72.9 Å². The van der Waals surface area contributed by atoms with Crippen molar-refractivity contribution < 1.29 is 18.7 Å². The van der Waals surface area contributed by atoms with Gasteiger partial charge in [0.15, 0.2) is 5.82 Å². The average molecular weight is 460 g/mol. The Bertz CT molecular complexity index is 1320. The summed E-state index contributed by atoms with van der Waals surface area (Å²) in [6, 6.07) is 19.3. The molecule has 1 N–H and O–H groups in total. The molecule has 174 valence electrons. The first kappa shape index (κ1) is 23.0. The first-order valence-electron chi connectivity index (χ1n) is 10.9. The van der Waals surface area contributed by atoms with Crippen LogP contribution in [0.1, 0.15) is 32.6 Å². The van der Waals surface area contributed by atoms with Gasteiger partial charge in [-0.1, -0.05) is 24.3 Å². The van der Waals surface area contributed by atoms with Crippen LogP contribution in [-0.4, -0.2) is 22.8 Å². The van der Waals surface area contributed by atoms with E-state index in [0.29, 0.717) is 23.7 Å². The number of aromatic nitrogens is 2. The Balaban J connectivity index is 1.45. The van der Waals surface area contributed by atoms with Crippen molar-refractivity contribution >= 4 is 11.7 Å². The maximum absolute atomic E-state index is 13.4. The Labute approximate surface area is 198 Å². The number of aryl methyl sites for hydroxylation is 2. The molecular weight excluding hydrogens is 433 g/mol. The highest BCUT2D eigenvalue weighted by molar-refractivity contribution is 6.04. The molecule has 0 atom stereocenters. The summed E-state index contributed by atoms with van der Waals surface area (Å²) in [6.45, 7) is 4.66. The van der Waals surface area contributed by atoms with E-state index in [2.05, 4.69) is 10.4 Å². The molecule has 0 spiro atoms. The number of ether oxygens (including phenoxy) is 2. The van der Waals surface area contributed by atoms with Crippen LogP contribution in [0.25, 0.3) is 0 Å². The van der Waals surface area contributed by atoms with E-state index in [9.17, 15) is 9.18 Å². The Morgan fingerprint density at radius 1 is 1.03 bits per heavy atom. The number of hydrogen-bond acceptors (Lipinski definition) is 4. The minimum atomic E-state index is -0.299. The van der Waals surface area contributed by atoms with E-state index in [-0.39, 0.29) is 18.3 Å². The van der Waals surface area contributed by atoms with E-state index in [1.165, 1.54) is 12.1 Å². The van der Waals surface area contributed by atoms with Crippen LogP contribution in [0.2, 0.25) is 0 Å². The van der Waals surface area contributed by atoms with E-state index in [1.807, 2.05) is 38.1 Å². The number of carbonyl (C=O) groups is 1. The predicted octanol–water partition coefficient (Wildman–Crippen LogP) is 5.53. The summed E-state index contributed by atoms with van der Waals surface area (Å²) < 4.78 is 26.5. The van der Waals surface area contributed by atoms with Crippen molar-refractivity contribution in [2.45, 2.75) is 27.0 Å². The second kappa shape index (κ2) is 10.2. The largest absolute Gasteiger partial charge is 0.496 e. The van der Waals surface area contributed by atoms with Crippen molar-refractivity contribution in [1.29, 1.82) is 0 Å². The summed E-state index contributed by atoms with van der Waals surface area (Å²) >= 11 is 0. The Hall–Kier alpha value is -4.13. The lowest BCUT2D eigenvalue weighted by atomic mass is 10.1. The molecule has 34 heavy (non-hydrogen) atoms. The Morgan fingerprint density at radius 2 is 1.88 bits per heavy atom. The highest BCUT2D eigenvalue weighted by Crippen LogP contribution is 2.25. The molecule has 4 rings (SSSR count). The maximum Gasteiger partial charge on any atom is 0.256 e. The summed E-state index contributed by atoms with van der Waals surface area (Å²) in [5, 5.41) is 7.17. The number of amides is 1. The Kier molecular flexibility index (Phi) is 6.92. The molecule has 7 heteroatoms. The van der Waals surface area contributed by atoms with Crippen LogP contribution in [0, 0.1) is 19.7 Å². The molecular formula is C27H26FN3O3. The van der Waals surface area contributed by atoms with Crippen LogP contribution < -0.4 is 14.8 Å². The average Bonchev–Trinajstić information content (AvgIpc) is 3.26. The van der Waals surface area contributed by atoms with Gasteiger partial charge in [0, 0.05) is 23.4 Å². The van der Waals surface area contributed by atoms with E-state index >= 15 is 0 Å². The lowest BCUT2D eigenvalue weighted by Gasteiger charge is -2.14. The molecule has 0 aliphatic carbocycles. The zero-order valence-corrected chi connectivity index (χ0v) is 19.3. The van der Waals surface area contributed by atoms with Crippen molar-refractivity contribution in [3.05, 3.63) is 107 Å². The molecule has 0 fully saturated rings. The van der Waals surface area contributed by atoms with Gasteiger partial charge in [-0.05, 0) is 66.9 Å². The number of carbonyl (C=O) groups excluding carboxylic acids is 1. The molecule has 0 saturated heterocycles. The SMILES string of the molecule is COc1ccc(C(=O)Nc2ccn(Cc3cccc(F)c3)n2)cc1COc1cc(C)ccc1C. The topological polar surface area (TPSA) is 65.4 Å². The molecule has 0 aliphatic rings. The minimum absolute atomic E-state index is 0.261. The van der Waals surface area contributed by atoms with Gasteiger partial charge in [0.2, 0.25) is 0 Å². The summed E-state index contributed by atoms with van der Waals surface area (Å²) in [6.07, 6.45) is 1.73. The van der Waals surface area contributed by atoms with E-state index in [1.54, 1.807) is 48.3 Å². The lowest BCUT2D eigenvalue weighted by molar-refractivity contribution is 0.102. The normalized spacial score (nSPS) is 10.7. The summed E-state index contributed by atoms with van der Waals surface area (Å²) in [5.74, 6) is 1.24. The van der Waals surface area contributed by atoms with Crippen molar-refractivity contribution in [2.24, 2.45) is 0 Å². The third kappa shape index (κ3) is 5.61. The van der Waals surface area contributed by atoms with Crippen molar-refractivity contribution in [3.63, 3.8) is 0 Å². The monoisotopic (exact) mass is 459 g/mol. The fourth-order valence-corrected chi connectivity index (χ4v) is 3.58. The summed E-state index contributed by atoms with van der Waals surface area (Å²) in [7, 11) is 1.59. The second-order valence-corrected chi connectivity index (χ2v) is 8.07. The lowest BCUT2D eigenvalue weighted by Crippen LogP contribution is -2.14. The summed E-state index contributed by atoms with van der Waals surface area (Å²) in [5.41, 5.74) is 4.14. The molecule has 1 heterocycles. The van der Waals surface area contributed by atoms with Crippen LogP contribution in [0.5, 0.6) is 11.5 Å². The molecule has 4 aromatic rings. The predicted molar refractivity (Wildman–Crippen MR) is 129 cm³/mol. The van der Waals surface area contributed by atoms with E-state index in [4.69, 9.17) is 9.47 Å². The zero-order valence-electron chi connectivity index (χ0n) is 19.3. The minimum Gasteiger partial charge on any atom is -0.496 e. The number of halogens is 1. The van der Waals surface area contributed by atoms with Crippen LogP contribution in [0.4, 0.5) is 10.2 Å². The van der Waals surface area contributed by atoms with Gasteiger partial charge in [-0.25, -0.2) is 4.39 Å². The number of rotatable bonds is 8. The molecule has 0 saturated carbocycles. The number of methoxy groups -OCH3 is 1. The Morgan fingerprint density at radius 3 is 2.68 bits per heavy atom. The van der Waals surface area contributed by atoms with Crippen molar-refractivity contribution in [2.75, 3.05) is 12.4 Å². The third-order valence-electron chi connectivity index (χ3n) is 5.39. The fraction of sp³-hybridized carbons (Fsp3) is 0.185. The number of nitrogens with one attached hydrogen (secondary N) is 1. The highest BCUT2D eigenvalue weighted by atomic mass is 19.1. The van der Waals surface area contributed by atoms with Gasteiger partial charge in [0.25, 0.3) is 5.91 Å². The molecule has 0 radical (unpaired) electrons. The van der Waals surface area contributed by atoms with Gasteiger partial charge >= 0.3 is 0 Å². The molecule has 0 bridgehead atoms. The van der Waals surface area contributed by atoms with Gasteiger partial charge in [0.1, 0.15) is 23.9 Å². The van der Waals surface area contributed by atoms with Crippen molar-refractivity contribution in [1.82, 2.24) is 9.78 Å². The standard InChI is InChI=1S/C27H26FN3O3/c1-18-7-8-19(2)25(13-18)34-17-22-15-21(9-10-24(22)33-3)27(32)29-26-11-12-31(30-26)16-20-5-4-6-23(28)14-20/h4-15H,16-17H2,1-3H3,(H,29,30,32). The van der Waals surface area contributed by atoms with E-state index < -0.39 is 0 Å². The molecule has 6 nitrogen and oxygen atoms in total. The first-order valence-corrected chi connectivity index (χ1v) is 10.9. The zero-order chi connectivity index (χ0) is 24.1. The van der Waals surface area contributed by atoms with Crippen LogP contribution in [-0.2, 0) is 13.2 Å². The number of benzene rings is 3. The van der Waals surface area contributed by atoms with Gasteiger partial charge in [0.05, 0.1) is 13.7 Å². The number of anilines is 1. The molecule has 0 aliphatic heterocycles. The van der Waals surface area contributed by atoms with Gasteiger partial charge < -0.3 is 14.8 Å². The van der Waals surface area contributed by atoms with Gasteiger partial charge in [-0.2, -0.15) is 5.10 Å². The maximum atomic E-state index is 13.4. The first-order chi connectivity index (χ1) is 16.4. The van der Waals surface area contributed by atoms with E-state index in [0.717, 1.165) is 28.0 Å². The smallest absolute Gasteiger partial charge is 0.256 e. The summed E-state index contributed by atoms with van der Waals surface area (Å²) in [4.78, 5) is 12.9. The number of nitrogens with zero attached hydrogens (tertiary/aromatic N) is 2. The van der Waals surface area contributed by atoms with Gasteiger partial charge in [-0.3, -0.25) is 9.48 Å². The third-order valence-corrected chi connectivity index (χ3v) is 5.39. The molecule has 1 aromatic heterocycles. The van der Waals surface area contributed by atoms with Gasteiger partial charge in [-0.15, -0.1) is 0 Å². The quantitative estimate of drug-likeness (QED) is 0.376. The second-order valence-electron chi connectivity index (χ2n) is 8.07. The van der Waals surface area contributed by atoms with Crippen LogP contribution in [0.3, 0.4) is 0 Å². The fourth-order valence-electron chi connectivity index (χ4n) is 3.58.